The highest BCUT2D eigenvalue weighted by Gasteiger charge is 2.34. The molecule has 3 aromatic rings. The van der Waals surface area contributed by atoms with E-state index in [1.54, 1.807) is 42.7 Å². The van der Waals surface area contributed by atoms with E-state index in [0.717, 1.165) is 5.56 Å². The average Bonchev–Trinajstić information content (AvgIpc) is 3.38. The number of fused-ring (bicyclic) bond motifs is 1. The Morgan fingerprint density at radius 1 is 1.09 bits per heavy atom. The summed E-state index contributed by atoms with van der Waals surface area (Å²) in [5.74, 6) is -0.135. The monoisotopic (exact) mass is 433 g/mol. The molecular formula is C23H23N5O4. The van der Waals surface area contributed by atoms with Gasteiger partial charge in [-0.3, -0.25) is 24.3 Å². The molecule has 0 radical (unpaired) electrons. The molecule has 1 aromatic carbocycles. The van der Waals surface area contributed by atoms with Gasteiger partial charge in [-0.25, -0.2) is 0 Å². The number of benzene rings is 1. The fourth-order valence-electron chi connectivity index (χ4n) is 3.57. The first-order valence-electron chi connectivity index (χ1n) is 10.4. The van der Waals surface area contributed by atoms with Gasteiger partial charge in [-0.2, -0.15) is 4.98 Å². The van der Waals surface area contributed by atoms with Crippen LogP contribution in [0.4, 0.5) is 0 Å². The number of aromatic nitrogens is 3. The molecule has 0 fully saturated rings. The fourth-order valence-corrected chi connectivity index (χ4v) is 3.57. The number of hydrogen-bond donors (Lipinski definition) is 1. The Kier molecular flexibility index (Phi) is 6.07. The molecule has 0 saturated carbocycles. The Morgan fingerprint density at radius 2 is 1.81 bits per heavy atom. The Morgan fingerprint density at radius 3 is 2.44 bits per heavy atom. The van der Waals surface area contributed by atoms with E-state index in [0.29, 0.717) is 29.3 Å². The Balaban J connectivity index is 1.34. The molecule has 164 valence electrons. The maximum absolute atomic E-state index is 12.6. The highest BCUT2D eigenvalue weighted by molar-refractivity contribution is 6.21. The van der Waals surface area contributed by atoms with Crippen molar-refractivity contribution in [2.24, 2.45) is 5.92 Å². The van der Waals surface area contributed by atoms with Crippen LogP contribution in [-0.4, -0.2) is 44.3 Å². The maximum atomic E-state index is 12.6. The highest BCUT2D eigenvalue weighted by Crippen LogP contribution is 2.24. The van der Waals surface area contributed by atoms with Crippen molar-refractivity contribution in [1.29, 1.82) is 0 Å². The quantitative estimate of drug-likeness (QED) is 0.543. The first kappa shape index (κ1) is 21.4. The van der Waals surface area contributed by atoms with Crippen LogP contribution in [0.2, 0.25) is 0 Å². The molecule has 2 aromatic heterocycles. The van der Waals surface area contributed by atoms with Gasteiger partial charge in [0.15, 0.2) is 0 Å². The van der Waals surface area contributed by atoms with Crippen molar-refractivity contribution in [2.45, 2.75) is 32.7 Å². The number of carbonyl (C=O) groups excluding carboxylic acids is 3. The van der Waals surface area contributed by atoms with Crippen LogP contribution in [-0.2, 0) is 4.79 Å². The second-order valence-corrected chi connectivity index (χ2v) is 7.90. The molecule has 0 saturated heterocycles. The summed E-state index contributed by atoms with van der Waals surface area (Å²) in [5, 5.41) is 6.91. The summed E-state index contributed by atoms with van der Waals surface area (Å²) in [6, 6.07) is 9.87. The van der Waals surface area contributed by atoms with Crippen molar-refractivity contribution >= 4 is 17.7 Å². The van der Waals surface area contributed by atoms with Gasteiger partial charge >= 0.3 is 0 Å². The molecule has 3 heterocycles. The van der Waals surface area contributed by atoms with E-state index in [-0.39, 0.29) is 36.6 Å². The number of amides is 3. The van der Waals surface area contributed by atoms with Crippen LogP contribution in [0, 0.1) is 5.92 Å². The van der Waals surface area contributed by atoms with Crippen LogP contribution in [0.1, 0.15) is 59.3 Å². The lowest BCUT2D eigenvalue weighted by atomic mass is 10.0. The van der Waals surface area contributed by atoms with Gasteiger partial charge in [0.25, 0.3) is 11.8 Å². The smallest absolute Gasteiger partial charge is 0.261 e. The second-order valence-electron chi connectivity index (χ2n) is 7.90. The number of hydrogen-bond acceptors (Lipinski definition) is 7. The molecule has 0 bridgehead atoms. The highest BCUT2D eigenvalue weighted by atomic mass is 16.5. The number of carbonyl (C=O) groups is 3. The summed E-state index contributed by atoms with van der Waals surface area (Å²) in [4.78, 5) is 47.1. The van der Waals surface area contributed by atoms with Crippen LogP contribution in [0.5, 0.6) is 0 Å². The summed E-state index contributed by atoms with van der Waals surface area (Å²) >= 11 is 0. The summed E-state index contributed by atoms with van der Waals surface area (Å²) < 4.78 is 5.39. The van der Waals surface area contributed by atoms with Crippen LogP contribution in [0.25, 0.3) is 11.4 Å². The molecule has 4 rings (SSSR count). The largest absolute Gasteiger partial charge is 0.344 e. The lowest BCUT2D eigenvalue weighted by molar-refractivity contribution is -0.122. The first-order valence-corrected chi connectivity index (χ1v) is 10.4. The molecule has 1 aliphatic rings. The predicted octanol–water partition coefficient (Wildman–Crippen LogP) is 3.02. The Hall–Kier alpha value is -3.88. The zero-order valence-corrected chi connectivity index (χ0v) is 17.8. The van der Waals surface area contributed by atoms with E-state index >= 15 is 0 Å². The standard InChI is InChI=1S/C23H23N5O4/c1-14(2)19(21-26-20(27-32-21)15-7-5-11-24-13-15)25-18(29)10-6-12-28-22(30)16-8-3-4-9-17(16)23(28)31/h3-5,7-9,11,13-14,19H,6,10,12H2,1-2H3,(H,25,29). The van der Waals surface area contributed by atoms with Crippen molar-refractivity contribution in [3.63, 3.8) is 0 Å². The van der Waals surface area contributed by atoms with E-state index in [1.807, 2.05) is 19.9 Å². The van der Waals surface area contributed by atoms with Crippen LogP contribution >= 0.6 is 0 Å². The molecule has 32 heavy (non-hydrogen) atoms. The lowest BCUT2D eigenvalue weighted by Gasteiger charge is -2.19. The summed E-state index contributed by atoms with van der Waals surface area (Å²) in [6.07, 6.45) is 3.80. The number of imide groups is 1. The third kappa shape index (κ3) is 4.27. The van der Waals surface area contributed by atoms with E-state index in [9.17, 15) is 14.4 Å². The van der Waals surface area contributed by atoms with Crippen LogP contribution in [0.3, 0.4) is 0 Å². The third-order valence-electron chi connectivity index (χ3n) is 5.27. The van der Waals surface area contributed by atoms with Gasteiger partial charge in [0.2, 0.25) is 17.6 Å². The molecular weight excluding hydrogens is 410 g/mol. The normalized spacial score (nSPS) is 14.0. The zero-order valence-electron chi connectivity index (χ0n) is 17.8. The molecule has 3 amide bonds. The SMILES string of the molecule is CC(C)C(NC(=O)CCCN1C(=O)c2ccccc2C1=O)c1nc(-c2cccnc2)no1. The Labute approximate surface area is 184 Å². The molecule has 1 unspecified atom stereocenters. The average molecular weight is 433 g/mol. The lowest BCUT2D eigenvalue weighted by Crippen LogP contribution is -2.34. The molecule has 0 spiro atoms. The van der Waals surface area contributed by atoms with E-state index in [2.05, 4.69) is 20.4 Å². The minimum Gasteiger partial charge on any atom is -0.344 e. The predicted molar refractivity (Wildman–Crippen MR) is 114 cm³/mol. The molecule has 1 atom stereocenters. The van der Waals surface area contributed by atoms with Crippen LogP contribution < -0.4 is 5.32 Å². The number of nitrogens with zero attached hydrogens (tertiary/aromatic N) is 4. The number of pyridine rings is 1. The summed E-state index contributed by atoms with van der Waals surface area (Å²) in [7, 11) is 0. The van der Waals surface area contributed by atoms with E-state index in [1.165, 1.54) is 4.90 Å². The topological polar surface area (TPSA) is 118 Å². The van der Waals surface area contributed by atoms with Crippen LogP contribution in [0.15, 0.2) is 53.3 Å². The number of nitrogens with one attached hydrogen (secondary N) is 1. The van der Waals surface area contributed by atoms with Gasteiger partial charge in [-0.1, -0.05) is 31.1 Å². The van der Waals surface area contributed by atoms with Gasteiger partial charge < -0.3 is 9.84 Å². The molecule has 9 heteroatoms. The third-order valence-corrected chi connectivity index (χ3v) is 5.27. The second kappa shape index (κ2) is 9.09. The first-order chi connectivity index (χ1) is 15.5. The van der Waals surface area contributed by atoms with Crippen molar-refractivity contribution in [2.75, 3.05) is 6.54 Å². The number of rotatable bonds is 8. The van der Waals surface area contributed by atoms with Crippen molar-refractivity contribution in [3.8, 4) is 11.4 Å². The fraction of sp³-hybridized carbons (Fsp3) is 0.304. The van der Waals surface area contributed by atoms with Gasteiger partial charge in [0.05, 0.1) is 11.1 Å². The van der Waals surface area contributed by atoms with Gasteiger partial charge in [-0.05, 0) is 36.6 Å². The molecule has 1 aliphatic heterocycles. The molecule has 9 nitrogen and oxygen atoms in total. The molecule has 1 N–H and O–H groups in total. The Bertz CT molecular complexity index is 1110. The van der Waals surface area contributed by atoms with E-state index in [4.69, 9.17) is 4.52 Å². The van der Waals surface area contributed by atoms with Gasteiger partial charge in [0.1, 0.15) is 6.04 Å². The maximum Gasteiger partial charge on any atom is 0.261 e. The van der Waals surface area contributed by atoms with Gasteiger partial charge in [-0.15, -0.1) is 0 Å². The van der Waals surface area contributed by atoms with Gasteiger partial charge in [0, 0.05) is 30.9 Å². The van der Waals surface area contributed by atoms with Crippen molar-refractivity contribution < 1.29 is 18.9 Å². The molecule has 0 aliphatic carbocycles. The van der Waals surface area contributed by atoms with Crippen molar-refractivity contribution in [3.05, 3.63) is 65.8 Å². The summed E-state index contributed by atoms with van der Waals surface area (Å²) in [6.45, 7) is 4.06. The minimum absolute atomic E-state index is 0.0115. The van der Waals surface area contributed by atoms with E-state index < -0.39 is 6.04 Å². The zero-order chi connectivity index (χ0) is 22.7. The minimum atomic E-state index is -0.459. The summed E-state index contributed by atoms with van der Waals surface area (Å²) in [5.41, 5.74) is 1.53. The van der Waals surface area contributed by atoms with Crippen molar-refractivity contribution in [1.82, 2.24) is 25.3 Å².